The normalized spacial score (nSPS) is 11.1. The molecule has 18 heavy (non-hydrogen) atoms. The molecule has 0 spiro atoms. The van der Waals surface area contributed by atoms with Crippen molar-refractivity contribution in [2.24, 2.45) is 5.10 Å². The maximum Gasteiger partial charge on any atom is 0.203 e. The number of benzene rings is 1. The highest BCUT2D eigenvalue weighted by Crippen LogP contribution is 2.14. The van der Waals surface area contributed by atoms with Crippen LogP contribution in [0.2, 0.25) is 0 Å². The van der Waals surface area contributed by atoms with E-state index in [4.69, 9.17) is 0 Å². The zero-order valence-corrected chi connectivity index (χ0v) is 12.1. The Bertz CT molecular complexity index is 568. The molecule has 0 radical (unpaired) electrons. The zero-order valence-electron chi connectivity index (χ0n) is 9.65. The first kappa shape index (κ1) is 13.2. The SMILES string of the molecule is Cc1csc(NN=Cc2cc(F)cc(CBr)c2)n1. The molecular formula is C12H11BrFN3S. The van der Waals surface area contributed by atoms with Gasteiger partial charge in [0.25, 0.3) is 0 Å². The van der Waals surface area contributed by atoms with Gasteiger partial charge in [0, 0.05) is 10.7 Å². The summed E-state index contributed by atoms with van der Waals surface area (Å²) in [7, 11) is 0. The van der Waals surface area contributed by atoms with Crippen molar-refractivity contribution in [2.45, 2.75) is 12.3 Å². The summed E-state index contributed by atoms with van der Waals surface area (Å²) in [6, 6.07) is 4.80. The van der Waals surface area contributed by atoms with Gasteiger partial charge in [0.05, 0.1) is 11.9 Å². The standard InChI is InChI=1S/C12H11BrFN3S/c1-8-7-18-12(16-8)17-15-6-10-2-9(5-13)3-11(14)4-10/h2-4,6-7H,5H2,1H3,(H,16,17). The molecule has 0 bridgehead atoms. The van der Waals surface area contributed by atoms with Gasteiger partial charge in [-0.05, 0) is 36.2 Å². The molecule has 2 rings (SSSR count). The number of nitrogens with one attached hydrogen (secondary N) is 1. The summed E-state index contributed by atoms with van der Waals surface area (Å²) in [5, 5.41) is 7.30. The van der Waals surface area contributed by atoms with Gasteiger partial charge in [-0.1, -0.05) is 15.9 Å². The molecular weight excluding hydrogens is 317 g/mol. The minimum atomic E-state index is -0.265. The predicted octanol–water partition coefficient (Wildman–Crippen LogP) is 3.93. The average Bonchev–Trinajstić information content (AvgIpc) is 2.74. The Hall–Kier alpha value is -1.27. The molecule has 0 aliphatic rings. The van der Waals surface area contributed by atoms with E-state index < -0.39 is 0 Å². The van der Waals surface area contributed by atoms with Crippen molar-refractivity contribution in [3.8, 4) is 0 Å². The third kappa shape index (κ3) is 3.61. The lowest BCUT2D eigenvalue weighted by Crippen LogP contribution is -1.92. The Balaban J connectivity index is 2.06. The molecule has 0 atom stereocenters. The van der Waals surface area contributed by atoms with Gasteiger partial charge >= 0.3 is 0 Å². The van der Waals surface area contributed by atoms with E-state index in [9.17, 15) is 4.39 Å². The summed E-state index contributed by atoms with van der Waals surface area (Å²) in [4.78, 5) is 4.21. The Morgan fingerprint density at radius 1 is 1.50 bits per heavy atom. The van der Waals surface area contributed by atoms with Gasteiger partial charge in [0.15, 0.2) is 0 Å². The minimum Gasteiger partial charge on any atom is -0.253 e. The Labute approximate surface area is 117 Å². The second kappa shape index (κ2) is 6.06. The van der Waals surface area contributed by atoms with Crippen molar-refractivity contribution >= 4 is 38.6 Å². The van der Waals surface area contributed by atoms with Crippen LogP contribution in [-0.4, -0.2) is 11.2 Å². The van der Waals surface area contributed by atoms with Crippen molar-refractivity contribution in [1.29, 1.82) is 0 Å². The number of rotatable bonds is 4. The molecule has 0 amide bonds. The van der Waals surface area contributed by atoms with Gasteiger partial charge in [-0.2, -0.15) is 5.10 Å². The molecule has 0 unspecified atom stereocenters. The number of aromatic nitrogens is 1. The third-order valence-corrected chi connectivity index (χ3v) is 3.64. The molecule has 2 aromatic rings. The van der Waals surface area contributed by atoms with E-state index in [2.05, 4.69) is 31.4 Å². The van der Waals surface area contributed by atoms with Crippen molar-refractivity contribution < 1.29 is 4.39 Å². The fourth-order valence-electron chi connectivity index (χ4n) is 1.39. The van der Waals surface area contributed by atoms with Crippen LogP contribution in [0.4, 0.5) is 9.52 Å². The largest absolute Gasteiger partial charge is 0.253 e. The molecule has 94 valence electrons. The molecule has 6 heteroatoms. The van der Waals surface area contributed by atoms with Crippen LogP contribution in [0.15, 0.2) is 28.7 Å². The van der Waals surface area contributed by atoms with E-state index in [-0.39, 0.29) is 5.82 Å². The highest BCUT2D eigenvalue weighted by molar-refractivity contribution is 9.08. The lowest BCUT2D eigenvalue weighted by molar-refractivity contribution is 0.626. The molecule has 0 fully saturated rings. The van der Waals surface area contributed by atoms with E-state index in [1.807, 2.05) is 18.4 Å². The number of halogens is 2. The van der Waals surface area contributed by atoms with Gasteiger partial charge in [0.2, 0.25) is 5.13 Å². The summed E-state index contributed by atoms with van der Waals surface area (Å²) < 4.78 is 13.3. The lowest BCUT2D eigenvalue weighted by Gasteiger charge is -1.99. The number of thiazole rings is 1. The number of alkyl halides is 1. The number of aryl methyl sites for hydroxylation is 1. The highest BCUT2D eigenvalue weighted by atomic mass is 79.9. The minimum absolute atomic E-state index is 0.265. The summed E-state index contributed by atoms with van der Waals surface area (Å²) in [5.74, 6) is -0.265. The van der Waals surface area contributed by atoms with Crippen LogP contribution in [0.5, 0.6) is 0 Å². The molecule has 3 nitrogen and oxygen atoms in total. The van der Waals surface area contributed by atoms with E-state index in [1.165, 1.54) is 23.5 Å². The van der Waals surface area contributed by atoms with Crippen molar-refractivity contribution in [3.63, 3.8) is 0 Å². The molecule has 1 N–H and O–H groups in total. The Morgan fingerprint density at radius 2 is 2.33 bits per heavy atom. The van der Waals surface area contributed by atoms with Gasteiger partial charge in [-0.15, -0.1) is 11.3 Å². The second-order valence-electron chi connectivity index (χ2n) is 3.69. The van der Waals surface area contributed by atoms with Crippen LogP contribution in [0, 0.1) is 12.7 Å². The van der Waals surface area contributed by atoms with E-state index in [0.717, 1.165) is 16.4 Å². The number of nitrogens with zero attached hydrogens (tertiary/aromatic N) is 2. The van der Waals surface area contributed by atoms with Crippen molar-refractivity contribution in [3.05, 3.63) is 46.2 Å². The predicted molar refractivity (Wildman–Crippen MR) is 77.1 cm³/mol. The Morgan fingerprint density at radius 3 is 3.00 bits per heavy atom. The van der Waals surface area contributed by atoms with E-state index >= 15 is 0 Å². The summed E-state index contributed by atoms with van der Waals surface area (Å²) in [6.07, 6.45) is 1.58. The molecule has 1 aromatic carbocycles. The maximum atomic E-state index is 13.3. The third-order valence-electron chi connectivity index (χ3n) is 2.13. The average molecular weight is 328 g/mol. The van der Waals surface area contributed by atoms with E-state index in [0.29, 0.717) is 10.9 Å². The number of hydrogen-bond acceptors (Lipinski definition) is 4. The van der Waals surface area contributed by atoms with Gasteiger partial charge < -0.3 is 0 Å². The van der Waals surface area contributed by atoms with Gasteiger partial charge in [-0.3, -0.25) is 5.43 Å². The molecule has 1 heterocycles. The fraction of sp³-hybridized carbons (Fsp3) is 0.167. The van der Waals surface area contributed by atoms with Crippen LogP contribution in [0.3, 0.4) is 0 Å². The molecule has 0 saturated carbocycles. The molecule has 0 aliphatic carbocycles. The summed E-state index contributed by atoms with van der Waals surface area (Å²) in [6.45, 7) is 1.92. The molecule has 1 aromatic heterocycles. The first-order chi connectivity index (χ1) is 8.67. The number of anilines is 1. The highest BCUT2D eigenvalue weighted by Gasteiger charge is 1.98. The van der Waals surface area contributed by atoms with Crippen LogP contribution >= 0.6 is 27.3 Å². The van der Waals surface area contributed by atoms with Crippen LogP contribution < -0.4 is 5.43 Å². The first-order valence-corrected chi connectivity index (χ1v) is 7.24. The lowest BCUT2D eigenvalue weighted by atomic mass is 10.1. The molecule has 0 aliphatic heterocycles. The summed E-state index contributed by atoms with van der Waals surface area (Å²) in [5.41, 5.74) is 5.35. The van der Waals surface area contributed by atoms with Crippen molar-refractivity contribution in [2.75, 3.05) is 5.43 Å². The van der Waals surface area contributed by atoms with Crippen molar-refractivity contribution in [1.82, 2.24) is 4.98 Å². The fourth-order valence-corrected chi connectivity index (χ4v) is 2.36. The van der Waals surface area contributed by atoms with Crippen LogP contribution in [0.1, 0.15) is 16.8 Å². The monoisotopic (exact) mass is 327 g/mol. The van der Waals surface area contributed by atoms with Crippen LogP contribution in [-0.2, 0) is 5.33 Å². The molecule has 0 saturated heterocycles. The first-order valence-electron chi connectivity index (χ1n) is 5.24. The van der Waals surface area contributed by atoms with Gasteiger partial charge in [-0.25, -0.2) is 9.37 Å². The van der Waals surface area contributed by atoms with Gasteiger partial charge in [0.1, 0.15) is 5.82 Å². The quantitative estimate of drug-likeness (QED) is 0.524. The topological polar surface area (TPSA) is 37.3 Å². The zero-order chi connectivity index (χ0) is 13.0. The number of hydrogen-bond donors (Lipinski definition) is 1. The van der Waals surface area contributed by atoms with E-state index in [1.54, 1.807) is 6.21 Å². The number of hydrazone groups is 1. The Kier molecular flexibility index (Phi) is 4.43. The second-order valence-corrected chi connectivity index (χ2v) is 5.11. The summed E-state index contributed by atoms with van der Waals surface area (Å²) >= 11 is 4.78. The smallest absolute Gasteiger partial charge is 0.203 e. The van der Waals surface area contributed by atoms with Crippen LogP contribution in [0.25, 0.3) is 0 Å². The maximum absolute atomic E-state index is 13.3.